The zero-order valence-corrected chi connectivity index (χ0v) is 16.8. The smallest absolute Gasteiger partial charge is 0.322 e. The van der Waals surface area contributed by atoms with Gasteiger partial charge >= 0.3 is 6.01 Å². The van der Waals surface area contributed by atoms with Crippen LogP contribution in [0.1, 0.15) is 32.3 Å². The number of ether oxygens (including phenoxy) is 3. The van der Waals surface area contributed by atoms with Crippen molar-refractivity contribution in [1.29, 1.82) is 0 Å². The van der Waals surface area contributed by atoms with E-state index >= 15 is 0 Å². The first kappa shape index (κ1) is 20.6. The van der Waals surface area contributed by atoms with Crippen molar-refractivity contribution in [2.45, 2.75) is 38.3 Å². The maximum absolute atomic E-state index is 13.7. The number of pyridine rings is 1. The quantitative estimate of drug-likeness (QED) is 0.776. The van der Waals surface area contributed by atoms with Gasteiger partial charge in [-0.2, -0.15) is 15.0 Å². The van der Waals surface area contributed by atoms with Crippen molar-refractivity contribution >= 4 is 11.8 Å². The minimum absolute atomic E-state index is 0.00257. The third-order valence-electron chi connectivity index (χ3n) is 5.08. The molecular formula is C19H24F2N6O3. The molecule has 162 valence electrons. The first-order valence-electron chi connectivity index (χ1n) is 9.73. The van der Waals surface area contributed by atoms with Gasteiger partial charge in [-0.05, 0) is 19.9 Å². The van der Waals surface area contributed by atoms with Gasteiger partial charge in [-0.3, -0.25) is 0 Å². The zero-order chi connectivity index (χ0) is 21.3. The first-order valence-corrected chi connectivity index (χ1v) is 9.73. The van der Waals surface area contributed by atoms with Crippen LogP contribution in [-0.4, -0.2) is 64.6 Å². The van der Waals surface area contributed by atoms with Gasteiger partial charge in [-0.1, -0.05) is 0 Å². The molecule has 2 aromatic heterocycles. The molecule has 0 amide bonds. The molecule has 0 saturated carbocycles. The Morgan fingerprint density at radius 3 is 2.77 bits per heavy atom. The van der Waals surface area contributed by atoms with E-state index in [1.54, 1.807) is 0 Å². The van der Waals surface area contributed by atoms with Crippen LogP contribution in [-0.2, 0) is 9.47 Å². The molecule has 0 spiro atoms. The average Bonchev–Trinajstić information content (AvgIpc) is 3.20. The summed E-state index contributed by atoms with van der Waals surface area (Å²) in [6.45, 7) is 6.53. The molecule has 0 aliphatic carbocycles. The Kier molecular flexibility index (Phi) is 5.65. The summed E-state index contributed by atoms with van der Waals surface area (Å²) in [6, 6.07) is 1.19. The van der Waals surface area contributed by atoms with Crippen molar-refractivity contribution in [3.63, 3.8) is 0 Å². The minimum Gasteiger partial charge on any atom is -0.457 e. The Morgan fingerprint density at radius 2 is 2.07 bits per heavy atom. The van der Waals surface area contributed by atoms with E-state index in [0.29, 0.717) is 45.3 Å². The normalized spacial score (nSPS) is 21.2. The third kappa shape index (κ3) is 4.26. The Labute approximate surface area is 172 Å². The number of rotatable bonds is 5. The van der Waals surface area contributed by atoms with Crippen molar-refractivity contribution in [3.8, 4) is 17.4 Å². The standard InChI is InChI=1S/C19H24F2N6O3/c1-19(2)10-29-6-4-27(19)17-24-16(13-8-23-14(22)7-12(13)15(20)21)25-18(26-17)30-11-3-5-28-9-11/h7-8,11,15H,3-6,9-10H2,1-2H3,(H2,22,23)/t11-/m1/s1. The van der Waals surface area contributed by atoms with Gasteiger partial charge in [-0.15, -0.1) is 0 Å². The lowest BCUT2D eigenvalue weighted by molar-refractivity contribution is 0.0631. The summed E-state index contributed by atoms with van der Waals surface area (Å²) in [5.41, 5.74) is 5.00. The Hall–Kier alpha value is -2.66. The second-order valence-corrected chi connectivity index (χ2v) is 7.86. The molecule has 4 rings (SSSR count). The summed E-state index contributed by atoms with van der Waals surface area (Å²) in [5.74, 6) is 0.385. The van der Waals surface area contributed by atoms with Gasteiger partial charge in [0, 0.05) is 30.3 Å². The number of morpholine rings is 1. The van der Waals surface area contributed by atoms with E-state index in [1.807, 2.05) is 18.7 Å². The van der Waals surface area contributed by atoms with Gasteiger partial charge in [-0.25, -0.2) is 13.8 Å². The summed E-state index contributed by atoms with van der Waals surface area (Å²) in [4.78, 5) is 19.2. The summed E-state index contributed by atoms with van der Waals surface area (Å²) in [6.07, 6.45) is -1.02. The van der Waals surface area contributed by atoms with Crippen LogP contribution >= 0.6 is 0 Å². The van der Waals surface area contributed by atoms with Crippen molar-refractivity contribution in [1.82, 2.24) is 19.9 Å². The van der Waals surface area contributed by atoms with Gasteiger partial charge in [0.1, 0.15) is 11.9 Å². The number of aromatic nitrogens is 4. The predicted molar refractivity (Wildman–Crippen MR) is 105 cm³/mol. The van der Waals surface area contributed by atoms with E-state index in [1.165, 1.54) is 6.20 Å². The summed E-state index contributed by atoms with van der Waals surface area (Å²) in [7, 11) is 0. The molecule has 2 aromatic rings. The molecule has 0 bridgehead atoms. The number of nitrogens with two attached hydrogens (primary N) is 1. The monoisotopic (exact) mass is 422 g/mol. The second-order valence-electron chi connectivity index (χ2n) is 7.86. The SMILES string of the molecule is CC1(C)COCCN1c1nc(O[C@@H]2CCOC2)nc(-c2cnc(N)cc2C(F)F)n1. The van der Waals surface area contributed by atoms with Crippen LogP contribution in [0.5, 0.6) is 6.01 Å². The number of nitrogen functional groups attached to an aromatic ring is 1. The fourth-order valence-electron chi connectivity index (χ4n) is 3.48. The van der Waals surface area contributed by atoms with Crippen LogP contribution in [0.4, 0.5) is 20.5 Å². The summed E-state index contributed by atoms with van der Waals surface area (Å²) < 4.78 is 44.1. The lowest BCUT2D eigenvalue weighted by Gasteiger charge is -2.42. The molecule has 2 fully saturated rings. The average molecular weight is 422 g/mol. The Balaban J connectivity index is 1.80. The summed E-state index contributed by atoms with van der Waals surface area (Å²) in [5, 5.41) is 0. The molecule has 4 heterocycles. The van der Waals surface area contributed by atoms with Crippen LogP contribution in [0.25, 0.3) is 11.4 Å². The highest BCUT2D eigenvalue weighted by Crippen LogP contribution is 2.33. The highest BCUT2D eigenvalue weighted by Gasteiger charge is 2.34. The zero-order valence-electron chi connectivity index (χ0n) is 16.8. The van der Waals surface area contributed by atoms with E-state index in [0.717, 1.165) is 6.07 Å². The largest absolute Gasteiger partial charge is 0.457 e. The van der Waals surface area contributed by atoms with Crippen LogP contribution in [0, 0.1) is 0 Å². The number of anilines is 2. The Morgan fingerprint density at radius 1 is 1.23 bits per heavy atom. The van der Waals surface area contributed by atoms with Crippen LogP contribution in [0.2, 0.25) is 0 Å². The van der Waals surface area contributed by atoms with Gasteiger partial charge in [0.15, 0.2) is 5.82 Å². The number of halogens is 2. The fourth-order valence-corrected chi connectivity index (χ4v) is 3.48. The van der Waals surface area contributed by atoms with Gasteiger partial charge in [0.2, 0.25) is 5.95 Å². The van der Waals surface area contributed by atoms with E-state index in [-0.39, 0.29) is 34.9 Å². The molecular weight excluding hydrogens is 398 g/mol. The lowest BCUT2D eigenvalue weighted by atomic mass is 10.0. The van der Waals surface area contributed by atoms with Crippen molar-refractivity contribution in [2.75, 3.05) is 43.6 Å². The number of hydrogen-bond acceptors (Lipinski definition) is 9. The van der Waals surface area contributed by atoms with Crippen LogP contribution in [0.3, 0.4) is 0 Å². The molecule has 2 aliphatic heterocycles. The molecule has 0 aromatic carbocycles. The van der Waals surface area contributed by atoms with Crippen LogP contribution < -0.4 is 15.4 Å². The van der Waals surface area contributed by atoms with Gasteiger partial charge < -0.3 is 24.8 Å². The maximum atomic E-state index is 13.7. The third-order valence-corrected chi connectivity index (χ3v) is 5.08. The van der Waals surface area contributed by atoms with Crippen LogP contribution in [0.15, 0.2) is 12.3 Å². The van der Waals surface area contributed by atoms with Crippen molar-refractivity contribution in [3.05, 3.63) is 17.8 Å². The summed E-state index contributed by atoms with van der Waals surface area (Å²) >= 11 is 0. The van der Waals surface area contributed by atoms with Crippen molar-refractivity contribution in [2.24, 2.45) is 0 Å². The molecule has 1 atom stereocenters. The molecule has 30 heavy (non-hydrogen) atoms. The van der Waals surface area contributed by atoms with E-state index in [2.05, 4.69) is 19.9 Å². The van der Waals surface area contributed by atoms with Crippen molar-refractivity contribution < 1.29 is 23.0 Å². The highest BCUT2D eigenvalue weighted by atomic mass is 19.3. The van der Waals surface area contributed by atoms with Gasteiger partial charge in [0.25, 0.3) is 6.43 Å². The van der Waals surface area contributed by atoms with E-state index < -0.39 is 12.0 Å². The molecule has 2 N–H and O–H groups in total. The molecule has 0 unspecified atom stereocenters. The molecule has 9 nitrogen and oxygen atoms in total. The molecule has 2 saturated heterocycles. The first-order chi connectivity index (χ1) is 14.3. The molecule has 0 radical (unpaired) electrons. The van der Waals surface area contributed by atoms with E-state index in [4.69, 9.17) is 19.9 Å². The molecule has 11 heteroatoms. The maximum Gasteiger partial charge on any atom is 0.322 e. The van der Waals surface area contributed by atoms with E-state index in [9.17, 15) is 8.78 Å². The number of nitrogens with zero attached hydrogens (tertiary/aromatic N) is 5. The topological polar surface area (TPSA) is 109 Å². The number of alkyl halides is 2. The fraction of sp³-hybridized carbons (Fsp3) is 0.579. The lowest BCUT2D eigenvalue weighted by Crippen LogP contribution is -2.54. The minimum atomic E-state index is -2.77. The second kappa shape index (κ2) is 8.23. The predicted octanol–water partition coefficient (Wildman–Crippen LogP) is 2.24. The van der Waals surface area contributed by atoms with Gasteiger partial charge in [0.05, 0.1) is 32.0 Å². The Bertz CT molecular complexity index is 908. The molecule has 2 aliphatic rings. The highest BCUT2D eigenvalue weighted by molar-refractivity contribution is 5.63. The number of hydrogen-bond donors (Lipinski definition) is 1.